The lowest BCUT2D eigenvalue weighted by molar-refractivity contribution is -0.137. The predicted molar refractivity (Wildman–Crippen MR) is 68.1 cm³/mol. The van der Waals surface area contributed by atoms with Crippen molar-refractivity contribution >= 4 is 23.3 Å². The molecule has 1 rings (SSSR count). The first-order chi connectivity index (χ1) is 8.04. The SMILES string of the molecule is COc1ccc(N(C)CCCC(=O)O)c(Cl)c1. The summed E-state index contributed by atoms with van der Waals surface area (Å²) in [6.07, 6.45) is 0.756. The highest BCUT2D eigenvalue weighted by Gasteiger charge is 2.07. The van der Waals surface area contributed by atoms with Crippen molar-refractivity contribution in [2.75, 3.05) is 25.6 Å². The molecule has 1 aromatic carbocycles. The molecular formula is C12H16ClNO3. The molecule has 0 unspecified atom stereocenters. The average molecular weight is 258 g/mol. The highest BCUT2D eigenvalue weighted by Crippen LogP contribution is 2.29. The molecule has 0 radical (unpaired) electrons. The summed E-state index contributed by atoms with van der Waals surface area (Å²) < 4.78 is 5.06. The van der Waals surface area contributed by atoms with E-state index >= 15 is 0 Å². The maximum atomic E-state index is 10.4. The Kier molecular flexibility index (Phi) is 5.10. The van der Waals surface area contributed by atoms with E-state index in [4.69, 9.17) is 21.4 Å². The number of aliphatic carboxylic acids is 1. The Labute approximate surface area is 106 Å². The minimum atomic E-state index is -0.778. The van der Waals surface area contributed by atoms with Crippen LogP contribution >= 0.6 is 11.6 Å². The molecule has 4 nitrogen and oxygen atoms in total. The highest BCUT2D eigenvalue weighted by molar-refractivity contribution is 6.33. The van der Waals surface area contributed by atoms with Crippen LogP contribution in [0.25, 0.3) is 0 Å². The van der Waals surface area contributed by atoms with Crippen molar-refractivity contribution in [3.63, 3.8) is 0 Å². The summed E-state index contributed by atoms with van der Waals surface area (Å²) in [5, 5.41) is 9.16. The lowest BCUT2D eigenvalue weighted by atomic mass is 10.2. The van der Waals surface area contributed by atoms with Crippen LogP contribution in [0, 0.1) is 0 Å². The number of methoxy groups -OCH3 is 1. The zero-order valence-electron chi connectivity index (χ0n) is 9.94. The van der Waals surface area contributed by atoms with Crippen LogP contribution in [0.2, 0.25) is 5.02 Å². The summed E-state index contributed by atoms with van der Waals surface area (Å²) >= 11 is 6.11. The summed E-state index contributed by atoms with van der Waals surface area (Å²) in [7, 11) is 3.47. The molecule has 0 aliphatic heterocycles. The normalized spacial score (nSPS) is 10.1. The molecule has 5 heteroatoms. The zero-order chi connectivity index (χ0) is 12.8. The van der Waals surface area contributed by atoms with Crippen LogP contribution in [-0.4, -0.2) is 31.8 Å². The van der Waals surface area contributed by atoms with Gasteiger partial charge in [0.25, 0.3) is 0 Å². The molecule has 94 valence electrons. The van der Waals surface area contributed by atoms with E-state index < -0.39 is 5.97 Å². The molecule has 1 aromatic rings. The Morgan fingerprint density at radius 2 is 2.24 bits per heavy atom. The van der Waals surface area contributed by atoms with Crippen LogP contribution in [0.5, 0.6) is 5.75 Å². The molecule has 0 fully saturated rings. The lowest BCUT2D eigenvalue weighted by Gasteiger charge is -2.20. The number of carboxylic acid groups (broad SMARTS) is 1. The summed E-state index contributed by atoms with van der Waals surface area (Å²) in [5.74, 6) is -0.0723. The molecular weight excluding hydrogens is 242 g/mol. The standard InChI is InChI=1S/C12H16ClNO3/c1-14(7-3-4-12(15)16)11-6-5-9(17-2)8-10(11)13/h5-6,8H,3-4,7H2,1-2H3,(H,15,16). The van der Waals surface area contributed by atoms with Crippen LogP contribution in [-0.2, 0) is 4.79 Å². The quantitative estimate of drug-likeness (QED) is 0.851. The summed E-state index contributed by atoms with van der Waals surface area (Å²) in [5.41, 5.74) is 0.873. The Balaban J connectivity index is 2.62. The van der Waals surface area contributed by atoms with Gasteiger partial charge in [0.1, 0.15) is 5.75 Å². The lowest BCUT2D eigenvalue weighted by Crippen LogP contribution is -2.19. The first-order valence-electron chi connectivity index (χ1n) is 5.31. The number of ether oxygens (including phenoxy) is 1. The van der Waals surface area contributed by atoms with Gasteiger partial charge in [0.05, 0.1) is 17.8 Å². The fourth-order valence-corrected chi connectivity index (χ4v) is 1.83. The smallest absolute Gasteiger partial charge is 0.303 e. The van der Waals surface area contributed by atoms with Crippen LogP contribution < -0.4 is 9.64 Å². The molecule has 0 heterocycles. The second kappa shape index (κ2) is 6.35. The van der Waals surface area contributed by atoms with Gasteiger partial charge in [-0.1, -0.05) is 11.6 Å². The topological polar surface area (TPSA) is 49.8 Å². The molecule has 0 aliphatic rings. The van der Waals surface area contributed by atoms with E-state index in [-0.39, 0.29) is 6.42 Å². The maximum Gasteiger partial charge on any atom is 0.303 e. The van der Waals surface area contributed by atoms with Crippen molar-refractivity contribution in [2.45, 2.75) is 12.8 Å². The van der Waals surface area contributed by atoms with Crippen molar-refractivity contribution in [1.29, 1.82) is 0 Å². The molecule has 17 heavy (non-hydrogen) atoms. The Morgan fingerprint density at radius 3 is 2.76 bits per heavy atom. The number of anilines is 1. The monoisotopic (exact) mass is 257 g/mol. The fourth-order valence-electron chi connectivity index (χ4n) is 1.51. The van der Waals surface area contributed by atoms with Gasteiger partial charge in [-0.15, -0.1) is 0 Å². The molecule has 0 aromatic heterocycles. The maximum absolute atomic E-state index is 10.4. The number of rotatable bonds is 6. The van der Waals surface area contributed by atoms with E-state index in [9.17, 15) is 4.79 Å². The zero-order valence-corrected chi connectivity index (χ0v) is 10.7. The Bertz CT molecular complexity index is 395. The number of carboxylic acids is 1. The molecule has 0 aliphatic carbocycles. The van der Waals surface area contributed by atoms with E-state index in [2.05, 4.69) is 0 Å². The second-order valence-electron chi connectivity index (χ2n) is 3.74. The number of carbonyl (C=O) groups is 1. The minimum absolute atomic E-state index is 0.165. The van der Waals surface area contributed by atoms with Crippen LogP contribution in [0.1, 0.15) is 12.8 Å². The highest BCUT2D eigenvalue weighted by atomic mass is 35.5. The Morgan fingerprint density at radius 1 is 1.53 bits per heavy atom. The van der Waals surface area contributed by atoms with Gasteiger partial charge < -0.3 is 14.7 Å². The summed E-state index contributed by atoms with van der Waals surface area (Å²) in [6, 6.07) is 5.43. The molecule has 0 amide bonds. The van der Waals surface area contributed by atoms with Gasteiger partial charge in [-0.2, -0.15) is 0 Å². The van der Waals surface area contributed by atoms with Crippen LogP contribution in [0.4, 0.5) is 5.69 Å². The molecule has 0 spiro atoms. The Hall–Kier alpha value is -1.42. The molecule has 1 N–H and O–H groups in total. The van der Waals surface area contributed by atoms with Crippen molar-refractivity contribution in [1.82, 2.24) is 0 Å². The first-order valence-corrected chi connectivity index (χ1v) is 5.69. The van der Waals surface area contributed by atoms with E-state index in [1.165, 1.54) is 0 Å². The van der Waals surface area contributed by atoms with E-state index in [1.807, 2.05) is 24.1 Å². The minimum Gasteiger partial charge on any atom is -0.497 e. The summed E-state index contributed by atoms with van der Waals surface area (Å²) in [4.78, 5) is 12.3. The number of nitrogens with zero attached hydrogens (tertiary/aromatic N) is 1. The van der Waals surface area contributed by atoms with E-state index in [1.54, 1.807) is 13.2 Å². The second-order valence-corrected chi connectivity index (χ2v) is 4.14. The number of benzene rings is 1. The third-order valence-electron chi connectivity index (χ3n) is 2.45. The first kappa shape index (κ1) is 13.6. The molecule has 0 atom stereocenters. The molecule has 0 bridgehead atoms. The van der Waals surface area contributed by atoms with Crippen LogP contribution in [0.15, 0.2) is 18.2 Å². The van der Waals surface area contributed by atoms with Gasteiger partial charge in [0, 0.05) is 26.1 Å². The molecule has 0 saturated heterocycles. The van der Waals surface area contributed by atoms with Gasteiger partial charge in [0.15, 0.2) is 0 Å². The molecule has 0 saturated carbocycles. The summed E-state index contributed by atoms with van der Waals surface area (Å²) in [6.45, 7) is 0.651. The predicted octanol–water partition coefficient (Wildman–Crippen LogP) is 2.65. The average Bonchev–Trinajstić information content (AvgIpc) is 2.28. The van der Waals surface area contributed by atoms with Gasteiger partial charge in [0.2, 0.25) is 0 Å². The number of halogens is 1. The van der Waals surface area contributed by atoms with E-state index in [0.29, 0.717) is 23.7 Å². The van der Waals surface area contributed by atoms with Crippen molar-refractivity contribution in [3.8, 4) is 5.75 Å². The van der Waals surface area contributed by atoms with Crippen molar-refractivity contribution in [3.05, 3.63) is 23.2 Å². The van der Waals surface area contributed by atoms with Crippen LogP contribution in [0.3, 0.4) is 0 Å². The largest absolute Gasteiger partial charge is 0.497 e. The fraction of sp³-hybridized carbons (Fsp3) is 0.417. The van der Waals surface area contributed by atoms with Gasteiger partial charge in [-0.3, -0.25) is 4.79 Å². The van der Waals surface area contributed by atoms with Gasteiger partial charge >= 0.3 is 5.97 Å². The third-order valence-corrected chi connectivity index (χ3v) is 2.75. The number of hydrogen-bond donors (Lipinski definition) is 1. The third kappa shape index (κ3) is 4.15. The van der Waals surface area contributed by atoms with Gasteiger partial charge in [-0.25, -0.2) is 0 Å². The van der Waals surface area contributed by atoms with Crippen molar-refractivity contribution < 1.29 is 14.6 Å². The van der Waals surface area contributed by atoms with Gasteiger partial charge in [-0.05, 0) is 18.6 Å². The van der Waals surface area contributed by atoms with E-state index in [0.717, 1.165) is 5.69 Å². The van der Waals surface area contributed by atoms with Crippen molar-refractivity contribution in [2.24, 2.45) is 0 Å². The number of hydrogen-bond acceptors (Lipinski definition) is 3.